The number of hydrogen-bond acceptors (Lipinski definition) is 4. The van der Waals surface area contributed by atoms with E-state index in [1.165, 1.54) is 0 Å². The molecule has 2 aromatic heterocycles. The van der Waals surface area contributed by atoms with Crippen LogP contribution in [0.2, 0.25) is 0 Å². The van der Waals surface area contributed by atoms with Gasteiger partial charge in [0.05, 0.1) is 0 Å². The molecule has 0 atom stereocenters. The fourth-order valence-corrected chi connectivity index (χ4v) is 2.76. The highest BCUT2D eigenvalue weighted by atomic mass is 16.4. The smallest absolute Gasteiger partial charge is 0.227 e. The fourth-order valence-electron chi connectivity index (χ4n) is 2.76. The summed E-state index contributed by atoms with van der Waals surface area (Å²) in [5.41, 5.74) is 4.82. The van der Waals surface area contributed by atoms with Gasteiger partial charge in [0.25, 0.3) is 0 Å². The zero-order valence-electron chi connectivity index (χ0n) is 12.6. The number of oxazole rings is 2. The van der Waals surface area contributed by atoms with Crippen molar-refractivity contribution in [3.63, 3.8) is 0 Å². The molecule has 0 spiro atoms. The fraction of sp³-hybridized carbons (Fsp3) is 0. The summed E-state index contributed by atoms with van der Waals surface area (Å²) in [5.74, 6) is 1.20. The maximum Gasteiger partial charge on any atom is 0.227 e. The van der Waals surface area contributed by atoms with E-state index in [1.54, 1.807) is 0 Å². The van der Waals surface area contributed by atoms with Crippen molar-refractivity contribution in [2.45, 2.75) is 0 Å². The van der Waals surface area contributed by atoms with E-state index in [9.17, 15) is 0 Å². The minimum absolute atomic E-state index is 0.599. The molecule has 4 heteroatoms. The van der Waals surface area contributed by atoms with E-state index in [2.05, 4.69) is 9.97 Å². The van der Waals surface area contributed by atoms with Gasteiger partial charge in [0.2, 0.25) is 11.8 Å². The van der Waals surface area contributed by atoms with E-state index < -0.39 is 0 Å². The summed E-state index contributed by atoms with van der Waals surface area (Å²) < 4.78 is 11.8. The largest absolute Gasteiger partial charge is 0.436 e. The Bertz CT molecular complexity index is 1000. The number of nitrogens with zero attached hydrogens (tertiary/aromatic N) is 2. The number of benzene rings is 3. The van der Waals surface area contributed by atoms with Crippen LogP contribution in [0.3, 0.4) is 0 Å². The van der Waals surface area contributed by atoms with Crippen LogP contribution in [0.15, 0.2) is 81.6 Å². The van der Waals surface area contributed by atoms with E-state index in [4.69, 9.17) is 8.83 Å². The Kier molecular flexibility index (Phi) is 2.76. The quantitative estimate of drug-likeness (QED) is 0.443. The van der Waals surface area contributed by atoms with Crippen molar-refractivity contribution < 1.29 is 8.83 Å². The first-order chi connectivity index (χ1) is 11.9. The lowest BCUT2D eigenvalue weighted by Gasteiger charge is -1.91. The van der Waals surface area contributed by atoms with E-state index in [-0.39, 0.29) is 0 Å². The molecule has 0 amide bonds. The molecule has 5 rings (SSSR count). The zero-order valence-corrected chi connectivity index (χ0v) is 12.6. The monoisotopic (exact) mass is 312 g/mol. The summed E-state index contributed by atoms with van der Waals surface area (Å²) in [5, 5.41) is 0. The maximum atomic E-state index is 5.88. The lowest BCUT2D eigenvalue weighted by Crippen LogP contribution is -1.74. The molecule has 0 aliphatic carbocycles. The van der Waals surface area contributed by atoms with Crippen LogP contribution in [0, 0.1) is 0 Å². The first-order valence-corrected chi connectivity index (χ1v) is 7.69. The summed E-state index contributed by atoms with van der Waals surface area (Å²) in [7, 11) is 0. The number of fused-ring (bicyclic) bond motifs is 2. The van der Waals surface area contributed by atoms with Crippen molar-refractivity contribution in [3.8, 4) is 22.9 Å². The van der Waals surface area contributed by atoms with Crippen LogP contribution in [0.4, 0.5) is 0 Å². The molecule has 0 saturated heterocycles. The molecule has 4 nitrogen and oxygen atoms in total. The second kappa shape index (κ2) is 5.06. The first kappa shape index (κ1) is 13.1. The molecular formula is C20H12N2O2. The Hall–Kier alpha value is -3.40. The lowest BCUT2D eigenvalue weighted by molar-refractivity contribution is 0.618. The highest BCUT2D eigenvalue weighted by Gasteiger charge is 2.13. The molecule has 0 radical (unpaired) electrons. The first-order valence-electron chi connectivity index (χ1n) is 7.69. The second-order valence-corrected chi connectivity index (χ2v) is 5.56. The summed E-state index contributed by atoms with van der Waals surface area (Å²) in [6.07, 6.45) is 0. The van der Waals surface area contributed by atoms with Crippen LogP contribution in [-0.2, 0) is 0 Å². The molecule has 24 heavy (non-hydrogen) atoms. The van der Waals surface area contributed by atoms with Gasteiger partial charge in [-0.05, 0) is 24.3 Å². The normalized spacial score (nSPS) is 11.3. The highest BCUT2D eigenvalue weighted by Crippen LogP contribution is 2.30. The average molecular weight is 312 g/mol. The van der Waals surface area contributed by atoms with E-state index in [1.807, 2.05) is 72.8 Å². The number of aromatic nitrogens is 2. The molecule has 0 unspecified atom stereocenters. The molecule has 3 aromatic carbocycles. The molecule has 0 N–H and O–H groups in total. The van der Waals surface area contributed by atoms with Crippen molar-refractivity contribution in [1.82, 2.24) is 9.97 Å². The Morgan fingerprint density at radius 1 is 0.542 bits per heavy atom. The van der Waals surface area contributed by atoms with Crippen LogP contribution in [-0.4, -0.2) is 9.97 Å². The standard InChI is InChI=1S/C20H12N2O2/c1-3-7-13(8-4-1)19-21-15-11-18-16(12-17(15)23-19)22-20(24-18)14-9-5-2-6-10-14/h1-12H. The topological polar surface area (TPSA) is 52.1 Å². The van der Waals surface area contributed by atoms with Crippen molar-refractivity contribution in [1.29, 1.82) is 0 Å². The molecule has 0 fully saturated rings. The molecular weight excluding hydrogens is 300 g/mol. The second-order valence-electron chi connectivity index (χ2n) is 5.56. The molecule has 0 aliphatic heterocycles. The predicted molar refractivity (Wildman–Crippen MR) is 92.4 cm³/mol. The molecule has 0 bridgehead atoms. The maximum absolute atomic E-state index is 5.88. The molecule has 5 aromatic rings. The van der Waals surface area contributed by atoms with E-state index in [0.29, 0.717) is 22.9 Å². The van der Waals surface area contributed by atoms with Gasteiger partial charge in [0.15, 0.2) is 11.2 Å². The predicted octanol–water partition coefficient (Wildman–Crippen LogP) is 5.30. The number of rotatable bonds is 2. The van der Waals surface area contributed by atoms with Gasteiger partial charge in [-0.15, -0.1) is 0 Å². The summed E-state index contributed by atoms with van der Waals surface area (Å²) >= 11 is 0. The lowest BCUT2D eigenvalue weighted by atomic mass is 10.2. The van der Waals surface area contributed by atoms with Gasteiger partial charge in [0.1, 0.15) is 11.0 Å². The Morgan fingerprint density at radius 3 is 1.38 bits per heavy atom. The zero-order chi connectivity index (χ0) is 15.9. The van der Waals surface area contributed by atoms with Gasteiger partial charge in [-0.25, -0.2) is 9.97 Å². The molecule has 0 aliphatic rings. The summed E-state index contributed by atoms with van der Waals surface area (Å²) in [6, 6.07) is 23.4. The Morgan fingerprint density at radius 2 is 0.958 bits per heavy atom. The third-order valence-electron chi connectivity index (χ3n) is 3.94. The minimum atomic E-state index is 0.599. The van der Waals surface area contributed by atoms with Crippen molar-refractivity contribution >= 4 is 22.2 Å². The van der Waals surface area contributed by atoms with Gasteiger partial charge < -0.3 is 8.83 Å². The number of hydrogen-bond donors (Lipinski definition) is 0. The van der Waals surface area contributed by atoms with Gasteiger partial charge in [-0.2, -0.15) is 0 Å². The van der Waals surface area contributed by atoms with Crippen LogP contribution in [0.25, 0.3) is 45.1 Å². The van der Waals surface area contributed by atoms with Crippen LogP contribution < -0.4 is 0 Å². The van der Waals surface area contributed by atoms with E-state index >= 15 is 0 Å². The highest BCUT2D eigenvalue weighted by molar-refractivity contribution is 5.91. The Balaban J connectivity index is 1.65. The van der Waals surface area contributed by atoms with E-state index in [0.717, 1.165) is 22.2 Å². The van der Waals surface area contributed by atoms with Crippen molar-refractivity contribution in [2.75, 3.05) is 0 Å². The Labute approximate surface area is 137 Å². The van der Waals surface area contributed by atoms with Crippen molar-refractivity contribution in [2.24, 2.45) is 0 Å². The van der Waals surface area contributed by atoms with Crippen LogP contribution in [0.1, 0.15) is 0 Å². The van der Waals surface area contributed by atoms with Crippen molar-refractivity contribution in [3.05, 3.63) is 72.8 Å². The molecule has 114 valence electrons. The molecule has 0 saturated carbocycles. The molecule has 2 heterocycles. The third kappa shape index (κ3) is 2.08. The van der Waals surface area contributed by atoms with Crippen LogP contribution in [0.5, 0.6) is 0 Å². The summed E-state index contributed by atoms with van der Waals surface area (Å²) in [6.45, 7) is 0. The van der Waals surface area contributed by atoms with Gasteiger partial charge in [-0.3, -0.25) is 0 Å². The minimum Gasteiger partial charge on any atom is -0.436 e. The third-order valence-corrected chi connectivity index (χ3v) is 3.94. The van der Waals surface area contributed by atoms with Gasteiger partial charge in [-0.1, -0.05) is 36.4 Å². The summed E-state index contributed by atoms with van der Waals surface area (Å²) in [4.78, 5) is 9.12. The van der Waals surface area contributed by atoms with Crippen LogP contribution >= 0.6 is 0 Å². The van der Waals surface area contributed by atoms with Gasteiger partial charge >= 0.3 is 0 Å². The average Bonchev–Trinajstić information content (AvgIpc) is 3.24. The SMILES string of the molecule is c1ccc(-c2nc3cc4oc(-c5ccccc5)nc4cc3o2)cc1. The van der Waals surface area contributed by atoms with Gasteiger partial charge in [0, 0.05) is 23.3 Å².